The van der Waals surface area contributed by atoms with Gasteiger partial charge in [-0.25, -0.2) is 4.98 Å². The van der Waals surface area contributed by atoms with Crippen molar-refractivity contribution in [2.24, 2.45) is 0 Å². The summed E-state index contributed by atoms with van der Waals surface area (Å²) < 4.78 is 0. The maximum absolute atomic E-state index is 5.93. The number of likely N-dealkylation sites (tertiary alicyclic amines) is 1. The van der Waals surface area contributed by atoms with E-state index in [1.807, 2.05) is 24.3 Å². The number of halogens is 3. The average Bonchev–Trinajstić information content (AvgIpc) is 2.96. The Kier molecular flexibility index (Phi) is 8.83. The van der Waals surface area contributed by atoms with Gasteiger partial charge in [-0.2, -0.15) is 0 Å². The molecule has 7 heteroatoms. The first-order valence-electron chi connectivity index (χ1n) is 7.34. The van der Waals surface area contributed by atoms with Crippen LogP contribution in [0.3, 0.4) is 0 Å². The Labute approximate surface area is 159 Å². The fourth-order valence-corrected chi connectivity index (χ4v) is 3.71. The van der Waals surface area contributed by atoms with E-state index in [1.54, 1.807) is 11.3 Å². The lowest BCUT2D eigenvalue weighted by Crippen LogP contribution is -2.43. The van der Waals surface area contributed by atoms with Gasteiger partial charge in [0.1, 0.15) is 5.01 Å². The minimum atomic E-state index is 0. The molecular weight excluding hydrogens is 373 g/mol. The molecule has 0 bridgehead atoms. The fourth-order valence-electron chi connectivity index (χ4n) is 2.77. The summed E-state index contributed by atoms with van der Waals surface area (Å²) in [4.78, 5) is 7.26. The Balaban J connectivity index is 0.00000132. The molecule has 0 aliphatic carbocycles. The number of rotatable bonds is 4. The number of benzene rings is 1. The van der Waals surface area contributed by atoms with Crippen molar-refractivity contribution in [1.82, 2.24) is 15.2 Å². The highest BCUT2D eigenvalue weighted by Gasteiger charge is 2.19. The van der Waals surface area contributed by atoms with Crippen LogP contribution >= 0.6 is 47.8 Å². The molecule has 3 nitrogen and oxygen atoms in total. The molecule has 0 amide bonds. The van der Waals surface area contributed by atoms with Gasteiger partial charge in [0.15, 0.2) is 0 Å². The topological polar surface area (TPSA) is 28.2 Å². The highest BCUT2D eigenvalue weighted by atomic mass is 35.5. The van der Waals surface area contributed by atoms with Crippen molar-refractivity contribution in [2.45, 2.75) is 25.4 Å². The van der Waals surface area contributed by atoms with E-state index < -0.39 is 0 Å². The highest BCUT2D eigenvalue weighted by Crippen LogP contribution is 2.26. The summed E-state index contributed by atoms with van der Waals surface area (Å²) in [6, 6.07) is 8.51. The molecule has 128 valence electrons. The van der Waals surface area contributed by atoms with Crippen molar-refractivity contribution in [3.8, 4) is 10.6 Å². The van der Waals surface area contributed by atoms with Crippen molar-refractivity contribution in [2.75, 3.05) is 20.1 Å². The van der Waals surface area contributed by atoms with E-state index in [-0.39, 0.29) is 24.8 Å². The largest absolute Gasteiger partial charge is 0.316 e. The second kappa shape index (κ2) is 9.82. The molecule has 1 atom stereocenters. The summed E-state index contributed by atoms with van der Waals surface area (Å²) in [6.45, 7) is 3.23. The molecule has 3 rings (SSSR count). The zero-order valence-corrected chi connectivity index (χ0v) is 16.2. The van der Waals surface area contributed by atoms with Crippen molar-refractivity contribution in [1.29, 1.82) is 0 Å². The van der Waals surface area contributed by atoms with E-state index >= 15 is 0 Å². The Bertz CT molecular complexity index is 589. The smallest absolute Gasteiger partial charge is 0.123 e. The van der Waals surface area contributed by atoms with Crippen LogP contribution in [0.2, 0.25) is 5.02 Å². The Morgan fingerprint density at radius 1 is 1.30 bits per heavy atom. The number of nitrogens with one attached hydrogen (secondary N) is 1. The first-order valence-corrected chi connectivity index (χ1v) is 8.60. The zero-order chi connectivity index (χ0) is 14.7. The Morgan fingerprint density at radius 3 is 2.74 bits per heavy atom. The van der Waals surface area contributed by atoms with Crippen molar-refractivity contribution < 1.29 is 0 Å². The number of hydrogen-bond acceptors (Lipinski definition) is 4. The van der Waals surface area contributed by atoms with Crippen molar-refractivity contribution >= 4 is 47.8 Å². The maximum Gasteiger partial charge on any atom is 0.123 e. The first-order chi connectivity index (χ1) is 10.2. The van der Waals surface area contributed by atoms with Gasteiger partial charge in [0.25, 0.3) is 0 Å². The van der Waals surface area contributed by atoms with E-state index in [2.05, 4.69) is 22.6 Å². The number of likely N-dealkylation sites (N-methyl/N-ethyl adjacent to an activating group) is 1. The molecule has 2 aromatic rings. The molecule has 1 N–H and O–H groups in total. The quantitative estimate of drug-likeness (QED) is 0.828. The van der Waals surface area contributed by atoms with Crippen LogP contribution in [0.5, 0.6) is 0 Å². The standard InChI is InChI=1S/C16H20ClN3S.2ClH/c1-18-14-3-2-8-20(9-14)10-15-11-21-16(19-15)12-4-6-13(17)7-5-12;;/h4-7,11,14,18H,2-3,8-10H2,1H3;2*1H. The SMILES string of the molecule is CNC1CCCN(Cc2csc(-c3ccc(Cl)cc3)n2)C1.Cl.Cl. The molecule has 1 aromatic carbocycles. The highest BCUT2D eigenvalue weighted by molar-refractivity contribution is 7.13. The second-order valence-corrected chi connectivity index (χ2v) is 6.81. The van der Waals surface area contributed by atoms with Gasteiger partial charge in [0.2, 0.25) is 0 Å². The van der Waals surface area contributed by atoms with E-state index in [0.29, 0.717) is 6.04 Å². The predicted octanol–water partition coefficient (Wildman–Crippen LogP) is 4.49. The number of nitrogens with zero attached hydrogens (tertiary/aromatic N) is 2. The summed E-state index contributed by atoms with van der Waals surface area (Å²) in [7, 11) is 2.05. The molecule has 1 aliphatic rings. The number of hydrogen-bond donors (Lipinski definition) is 1. The molecule has 0 radical (unpaired) electrons. The van der Waals surface area contributed by atoms with Crippen LogP contribution in [-0.2, 0) is 6.54 Å². The summed E-state index contributed by atoms with van der Waals surface area (Å²) >= 11 is 7.64. The number of thiazole rings is 1. The van der Waals surface area contributed by atoms with Gasteiger partial charge >= 0.3 is 0 Å². The zero-order valence-electron chi connectivity index (χ0n) is 13.0. The molecule has 1 unspecified atom stereocenters. The third-order valence-corrected chi connectivity index (χ3v) is 5.13. The van der Waals surface area contributed by atoms with E-state index in [0.717, 1.165) is 28.7 Å². The van der Waals surface area contributed by atoms with Crippen LogP contribution in [-0.4, -0.2) is 36.1 Å². The molecule has 0 saturated carbocycles. The molecule has 0 spiro atoms. The van der Waals surface area contributed by atoms with E-state index in [4.69, 9.17) is 16.6 Å². The first kappa shape index (κ1) is 20.7. The second-order valence-electron chi connectivity index (χ2n) is 5.51. The number of piperidine rings is 1. The van der Waals surface area contributed by atoms with Gasteiger partial charge < -0.3 is 5.32 Å². The molecule has 1 aromatic heterocycles. The average molecular weight is 395 g/mol. The van der Waals surface area contributed by atoms with Crippen LogP contribution in [0.1, 0.15) is 18.5 Å². The summed E-state index contributed by atoms with van der Waals surface area (Å²) in [6.07, 6.45) is 2.54. The van der Waals surface area contributed by atoms with Gasteiger partial charge in [-0.3, -0.25) is 4.90 Å². The van der Waals surface area contributed by atoms with Crippen molar-refractivity contribution in [3.05, 3.63) is 40.4 Å². The molecule has 1 saturated heterocycles. The summed E-state index contributed by atoms with van der Waals surface area (Å²) in [5.41, 5.74) is 2.31. The summed E-state index contributed by atoms with van der Waals surface area (Å²) in [5.74, 6) is 0. The summed E-state index contributed by atoms with van der Waals surface area (Å²) in [5, 5.41) is 7.40. The lowest BCUT2D eigenvalue weighted by atomic mass is 10.1. The van der Waals surface area contributed by atoms with Gasteiger partial charge in [-0.15, -0.1) is 36.2 Å². The van der Waals surface area contributed by atoms with Gasteiger partial charge in [0.05, 0.1) is 5.69 Å². The normalized spacial score (nSPS) is 18.1. The molecule has 1 fully saturated rings. The third kappa shape index (κ3) is 5.59. The monoisotopic (exact) mass is 393 g/mol. The Hall–Kier alpha value is -0.360. The third-order valence-electron chi connectivity index (χ3n) is 3.94. The predicted molar refractivity (Wildman–Crippen MR) is 104 cm³/mol. The van der Waals surface area contributed by atoms with Crippen LogP contribution in [0, 0.1) is 0 Å². The molecule has 23 heavy (non-hydrogen) atoms. The molecule has 2 heterocycles. The maximum atomic E-state index is 5.93. The lowest BCUT2D eigenvalue weighted by molar-refractivity contribution is 0.186. The lowest BCUT2D eigenvalue weighted by Gasteiger charge is -2.31. The van der Waals surface area contributed by atoms with Crippen molar-refractivity contribution in [3.63, 3.8) is 0 Å². The molecule has 1 aliphatic heterocycles. The fraction of sp³-hybridized carbons (Fsp3) is 0.438. The minimum absolute atomic E-state index is 0. The number of aromatic nitrogens is 1. The Morgan fingerprint density at radius 2 is 2.04 bits per heavy atom. The van der Waals surface area contributed by atoms with Crippen LogP contribution < -0.4 is 5.32 Å². The van der Waals surface area contributed by atoms with Crippen LogP contribution in [0.4, 0.5) is 0 Å². The van der Waals surface area contributed by atoms with Crippen LogP contribution in [0.25, 0.3) is 10.6 Å². The van der Waals surface area contributed by atoms with Gasteiger partial charge in [0, 0.05) is 35.1 Å². The van der Waals surface area contributed by atoms with Gasteiger partial charge in [-0.05, 0) is 38.6 Å². The van der Waals surface area contributed by atoms with E-state index in [1.165, 1.54) is 25.1 Å². The minimum Gasteiger partial charge on any atom is -0.316 e. The van der Waals surface area contributed by atoms with E-state index in [9.17, 15) is 0 Å². The van der Waals surface area contributed by atoms with Crippen LogP contribution in [0.15, 0.2) is 29.6 Å². The van der Waals surface area contributed by atoms with Gasteiger partial charge in [-0.1, -0.05) is 23.7 Å². The molecular formula is C16H22Cl3N3S.